The summed E-state index contributed by atoms with van der Waals surface area (Å²) in [6.45, 7) is 1.73. The Bertz CT molecular complexity index is 267. The molecule has 78 valence electrons. The Balaban J connectivity index is 1.84. The van der Waals surface area contributed by atoms with Crippen molar-refractivity contribution in [1.29, 1.82) is 0 Å². The molecule has 1 amide bonds. The molecular weight excluding hydrogens is 198 g/mol. The first-order chi connectivity index (χ1) is 6.75. The van der Waals surface area contributed by atoms with Crippen LogP contribution in [-0.4, -0.2) is 47.9 Å². The minimum atomic E-state index is 0.254. The smallest absolute Gasteiger partial charge is 0.222 e. The van der Waals surface area contributed by atoms with Crippen LogP contribution in [-0.2, 0) is 4.79 Å². The molecule has 0 aromatic heterocycles. The highest BCUT2D eigenvalue weighted by Crippen LogP contribution is 2.14. The van der Waals surface area contributed by atoms with Crippen LogP contribution in [0.3, 0.4) is 0 Å². The number of likely N-dealkylation sites (tertiary alicyclic amines) is 1. The lowest BCUT2D eigenvalue weighted by Crippen LogP contribution is -2.47. The number of likely N-dealkylation sites (N-methyl/N-ethyl adjacent to an activating group) is 1. The molecular formula is C9H15N3OS. The highest BCUT2D eigenvalue weighted by atomic mass is 32.2. The fourth-order valence-corrected chi connectivity index (χ4v) is 2.54. The molecule has 1 N–H and O–H groups in total. The summed E-state index contributed by atoms with van der Waals surface area (Å²) < 4.78 is 0. The van der Waals surface area contributed by atoms with Gasteiger partial charge in [0.15, 0.2) is 5.17 Å². The molecule has 2 heterocycles. The number of amides is 1. The van der Waals surface area contributed by atoms with Gasteiger partial charge < -0.3 is 10.2 Å². The van der Waals surface area contributed by atoms with Gasteiger partial charge in [0.1, 0.15) is 0 Å². The van der Waals surface area contributed by atoms with Crippen LogP contribution in [0.25, 0.3) is 0 Å². The Morgan fingerprint density at radius 1 is 1.64 bits per heavy atom. The van der Waals surface area contributed by atoms with Gasteiger partial charge in [-0.15, -0.1) is 0 Å². The van der Waals surface area contributed by atoms with Crippen LogP contribution in [0.4, 0.5) is 0 Å². The number of aliphatic imine (C=N–C) groups is 1. The summed E-state index contributed by atoms with van der Waals surface area (Å²) >= 11 is 1.77. The molecule has 1 unspecified atom stereocenters. The zero-order valence-corrected chi connectivity index (χ0v) is 9.14. The van der Waals surface area contributed by atoms with Gasteiger partial charge in [-0.25, -0.2) is 0 Å². The maximum Gasteiger partial charge on any atom is 0.222 e. The van der Waals surface area contributed by atoms with Crippen LogP contribution < -0.4 is 5.32 Å². The number of thioether (sulfide) groups is 1. The van der Waals surface area contributed by atoms with Crippen molar-refractivity contribution in [2.45, 2.75) is 18.9 Å². The van der Waals surface area contributed by atoms with Crippen LogP contribution in [0.5, 0.6) is 0 Å². The first-order valence-electron chi connectivity index (χ1n) is 4.93. The van der Waals surface area contributed by atoms with Crippen molar-refractivity contribution in [1.82, 2.24) is 10.2 Å². The van der Waals surface area contributed by atoms with Gasteiger partial charge in [-0.05, 0) is 6.42 Å². The predicted molar refractivity (Wildman–Crippen MR) is 58.6 cm³/mol. The van der Waals surface area contributed by atoms with Crippen LogP contribution in [0.1, 0.15) is 12.8 Å². The van der Waals surface area contributed by atoms with Gasteiger partial charge in [0.25, 0.3) is 0 Å². The molecule has 4 nitrogen and oxygen atoms in total. The van der Waals surface area contributed by atoms with E-state index in [1.807, 2.05) is 7.05 Å². The van der Waals surface area contributed by atoms with E-state index >= 15 is 0 Å². The minimum absolute atomic E-state index is 0.254. The quantitative estimate of drug-likeness (QED) is 0.681. The molecule has 0 aliphatic carbocycles. The fourth-order valence-electron chi connectivity index (χ4n) is 1.73. The monoisotopic (exact) mass is 213 g/mol. The SMILES string of the molecule is CN1CC(NC2=NCCS2)CCC1=O. The molecule has 2 rings (SSSR count). The van der Waals surface area contributed by atoms with E-state index in [0.717, 1.165) is 30.4 Å². The number of piperidine rings is 1. The van der Waals surface area contributed by atoms with Crippen molar-refractivity contribution in [3.63, 3.8) is 0 Å². The van der Waals surface area contributed by atoms with Crippen molar-refractivity contribution in [3.05, 3.63) is 0 Å². The lowest BCUT2D eigenvalue weighted by atomic mass is 10.1. The maximum atomic E-state index is 11.2. The third-order valence-corrected chi connectivity index (χ3v) is 3.45. The van der Waals surface area contributed by atoms with E-state index in [9.17, 15) is 4.79 Å². The lowest BCUT2D eigenvalue weighted by molar-refractivity contribution is -0.132. The Morgan fingerprint density at radius 2 is 2.50 bits per heavy atom. The highest BCUT2D eigenvalue weighted by molar-refractivity contribution is 8.14. The van der Waals surface area contributed by atoms with E-state index in [2.05, 4.69) is 10.3 Å². The molecule has 1 saturated heterocycles. The summed E-state index contributed by atoms with van der Waals surface area (Å²) in [5.74, 6) is 1.34. The lowest BCUT2D eigenvalue weighted by Gasteiger charge is -2.30. The number of amidine groups is 1. The van der Waals surface area contributed by atoms with Crippen molar-refractivity contribution < 1.29 is 4.79 Å². The van der Waals surface area contributed by atoms with Gasteiger partial charge in [0.05, 0.1) is 6.54 Å². The molecule has 14 heavy (non-hydrogen) atoms. The van der Waals surface area contributed by atoms with Crippen LogP contribution in [0.2, 0.25) is 0 Å². The summed E-state index contributed by atoms with van der Waals surface area (Å²) in [4.78, 5) is 17.4. The van der Waals surface area contributed by atoms with Gasteiger partial charge in [-0.1, -0.05) is 11.8 Å². The first-order valence-corrected chi connectivity index (χ1v) is 5.92. The summed E-state index contributed by atoms with van der Waals surface area (Å²) in [6, 6.07) is 0.391. The summed E-state index contributed by atoms with van der Waals surface area (Å²) in [5.41, 5.74) is 0. The van der Waals surface area contributed by atoms with Crippen molar-refractivity contribution in [2.75, 3.05) is 25.9 Å². The topological polar surface area (TPSA) is 44.7 Å². The largest absolute Gasteiger partial charge is 0.360 e. The van der Waals surface area contributed by atoms with Crippen LogP contribution in [0.15, 0.2) is 4.99 Å². The third kappa shape index (κ3) is 2.20. The van der Waals surface area contributed by atoms with E-state index in [1.165, 1.54) is 0 Å². The van der Waals surface area contributed by atoms with Gasteiger partial charge >= 0.3 is 0 Å². The molecule has 2 aliphatic heterocycles. The second-order valence-electron chi connectivity index (χ2n) is 3.69. The number of hydrogen-bond donors (Lipinski definition) is 1. The molecule has 0 radical (unpaired) electrons. The van der Waals surface area contributed by atoms with Gasteiger partial charge in [-0.3, -0.25) is 9.79 Å². The van der Waals surface area contributed by atoms with Crippen molar-refractivity contribution in [2.24, 2.45) is 4.99 Å². The molecule has 1 fully saturated rings. The second-order valence-corrected chi connectivity index (χ2v) is 4.77. The van der Waals surface area contributed by atoms with E-state index in [-0.39, 0.29) is 5.91 Å². The zero-order valence-electron chi connectivity index (χ0n) is 8.32. The molecule has 0 spiro atoms. The second kappa shape index (κ2) is 4.21. The third-order valence-electron chi connectivity index (χ3n) is 2.54. The van der Waals surface area contributed by atoms with Crippen LogP contribution >= 0.6 is 11.8 Å². The van der Waals surface area contributed by atoms with Gasteiger partial charge in [0.2, 0.25) is 5.91 Å². The molecule has 0 bridgehead atoms. The van der Waals surface area contributed by atoms with Crippen LogP contribution in [0, 0.1) is 0 Å². The zero-order chi connectivity index (χ0) is 9.97. The number of nitrogens with zero attached hydrogens (tertiary/aromatic N) is 2. The van der Waals surface area contributed by atoms with E-state index in [0.29, 0.717) is 12.5 Å². The summed E-state index contributed by atoms with van der Waals surface area (Å²) in [7, 11) is 1.86. The average Bonchev–Trinajstić information content (AvgIpc) is 2.64. The Labute approximate surface area is 88.1 Å². The Kier molecular flexibility index (Phi) is 2.96. The van der Waals surface area contributed by atoms with Gasteiger partial charge in [-0.2, -0.15) is 0 Å². The minimum Gasteiger partial charge on any atom is -0.360 e. The summed E-state index contributed by atoms with van der Waals surface area (Å²) in [6.07, 6.45) is 1.59. The normalized spacial score (nSPS) is 27.8. The van der Waals surface area contributed by atoms with Gasteiger partial charge in [0, 0.05) is 31.8 Å². The Hall–Kier alpha value is -0.710. The summed E-state index contributed by atoms with van der Waals surface area (Å²) in [5, 5.41) is 4.44. The molecule has 1 atom stereocenters. The number of nitrogens with one attached hydrogen (secondary N) is 1. The predicted octanol–water partition coefficient (Wildman–Crippen LogP) is 0.300. The molecule has 0 aromatic carbocycles. The molecule has 0 aromatic rings. The number of hydrogen-bond acceptors (Lipinski definition) is 4. The first kappa shape index (κ1) is 9.83. The van der Waals surface area contributed by atoms with E-state index < -0.39 is 0 Å². The number of carbonyl (C=O) groups is 1. The molecule has 2 aliphatic rings. The maximum absolute atomic E-state index is 11.2. The number of carbonyl (C=O) groups excluding carboxylic acids is 1. The van der Waals surface area contributed by atoms with Crippen molar-refractivity contribution >= 4 is 22.8 Å². The Morgan fingerprint density at radius 3 is 3.14 bits per heavy atom. The van der Waals surface area contributed by atoms with Crippen molar-refractivity contribution in [3.8, 4) is 0 Å². The van der Waals surface area contributed by atoms with E-state index in [1.54, 1.807) is 16.7 Å². The fraction of sp³-hybridized carbons (Fsp3) is 0.778. The molecule has 0 saturated carbocycles. The van der Waals surface area contributed by atoms with E-state index in [4.69, 9.17) is 0 Å². The standard InChI is InChI=1S/C9H15N3OS/c1-12-6-7(2-3-8(12)13)11-9-10-4-5-14-9/h7H,2-6H2,1H3,(H,10,11). The highest BCUT2D eigenvalue weighted by Gasteiger charge is 2.23. The molecule has 5 heteroatoms. The average molecular weight is 213 g/mol. The number of rotatable bonds is 1.